The Hall–Kier alpha value is -2.37. The summed E-state index contributed by atoms with van der Waals surface area (Å²) < 4.78 is 5.20. The number of nitrogens with one attached hydrogen (secondary N) is 1. The number of benzene rings is 2. The average molecular weight is 341 g/mol. The Bertz CT molecular complexity index is 672. The van der Waals surface area contributed by atoms with Crippen molar-refractivity contribution in [1.29, 1.82) is 0 Å². The number of nitrogens with zero attached hydrogens (tertiary/aromatic N) is 1. The zero-order valence-corrected chi connectivity index (χ0v) is 14.9. The molecule has 0 saturated heterocycles. The number of guanidine groups is 1. The van der Waals surface area contributed by atoms with Crippen LogP contribution in [0.1, 0.15) is 30.4 Å². The van der Waals surface area contributed by atoms with Crippen molar-refractivity contribution in [2.75, 3.05) is 19.0 Å². The highest BCUT2D eigenvalue weighted by molar-refractivity contribution is 5.93. The second-order valence-corrected chi connectivity index (χ2v) is 6.13. The number of hydrogen-bond acceptors (Lipinski definition) is 3. The van der Waals surface area contributed by atoms with Gasteiger partial charge in [-0.25, -0.2) is 0 Å². The van der Waals surface area contributed by atoms with Crippen molar-refractivity contribution in [3.63, 3.8) is 0 Å². The van der Waals surface area contributed by atoms with Crippen LogP contribution < -0.4 is 11.1 Å². The molecule has 5 nitrogen and oxygen atoms in total. The molecule has 0 heterocycles. The molecule has 134 valence electrons. The average Bonchev–Trinajstić information content (AvgIpc) is 2.61. The van der Waals surface area contributed by atoms with E-state index in [2.05, 4.69) is 22.4 Å². The highest BCUT2D eigenvalue weighted by atomic mass is 16.5. The number of hydrogen-bond donors (Lipinski definition) is 3. The highest BCUT2D eigenvalue weighted by Gasteiger charge is 2.14. The van der Waals surface area contributed by atoms with E-state index in [0.717, 1.165) is 16.8 Å². The standard InChI is InChI=1S/C20H27N3O2/c1-15(24)12-18(16-8-4-3-5-9-16)13-22-20(21)23-19-11-7-6-10-17(19)14-25-2/h3-11,15,18,24H,12-14H2,1-2H3,(H3,21,22,23). The minimum absolute atomic E-state index is 0.121. The maximum atomic E-state index is 9.77. The van der Waals surface area contributed by atoms with Gasteiger partial charge >= 0.3 is 0 Å². The van der Waals surface area contributed by atoms with Gasteiger partial charge in [0.25, 0.3) is 0 Å². The first kappa shape index (κ1) is 19.0. The van der Waals surface area contributed by atoms with E-state index in [9.17, 15) is 5.11 Å². The SMILES string of the molecule is COCc1ccccc1NC(N)=NCC(CC(C)O)c1ccccc1. The Labute approximate surface area is 149 Å². The fourth-order valence-electron chi connectivity index (χ4n) is 2.76. The summed E-state index contributed by atoms with van der Waals surface area (Å²) in [6.45, 7) is 2.81. The molecule has 0 spiro atoms. The van der Waals surface area contributed by atoms with Gasteiger partial charge in [0.1, 0.15) is 0 Å². The molecule has 0 aliphatic rings. The van der Waals surface area contributed by atoms with Crippen molar-refractivity contribution in [1.82, 2.24) is 0 Å². The molecule has 4 N–H and O–H groups in total. The molecule has 2 unspecified atom stereocenters. The molecule has 0 bridgehead atoms. The van der Waals surface area contributed by atoms with E-state index in [4.69, 9.17) is 10.5 Å². The maximum absolute atomic E-state index is 9.77. The first-order valence-electron chi connectivity index (χ1n) is 8.47. The molecular weight excluding hydrogens is 314 g/mol. The van der Waals surface area contributed by atoms with Crippen LogP contribution in [-0.4, -0.2) is 30.8 Å². The lowest BCUT2D eigenvalue weighted by molar-refractivity contribution is 0.175. The fraction of sp³-hybridized carbons (Fsp3) is 0.350. The maximum Gasteiger partial charge on any atom is 0.193 e. The number of anilines is 1. The Morgan fingerprint density at radius 1 is 1.16 bits per heavy atom. The number of methoxy groups -OCH3 is 1. The Balaban J connectivity index is 2.07. The predicted octanol–water partition coefficient (Wildman–Crippen LogP) is 3.11. The summed E-state index contributed by atoms with van der Waals surface area (Å²) in [7, 11) is 1.66. The normalized spacial score (nSPS) is 14.1. The van der Waals surface area contributed by atoms with E-state index in [1.165, 1.54) is 0 Å². The molecular formula is C20H27N3O2. The third kappa shape index (κ3) is 6.21. The van der Waals surface area contributed by atoms with Crippen LogP contribution in [0.4, 0.5) is 5.69 Å². The Morgan fingerprint density at radius 2 is 1.84 bits per heavy atom. The molecule has 0 aliphatic heterocycles. The van der Waals surface area contributed by atoms with Crippen LogP contribution in [0.5, 0.6) is 0 Å². The summed E-state index contributed by atoms with van der Waals surface area (Å²) >= 11 is 0. The monoisotopic (exact) mass is 341 g/mol. The van der Waals surface area contributed by atoms with Crippen molar-refractivity contribution in [2.24, 2.45) is 10.7 Å². The molecule has 2 aromatic rings. The molecule has 25 heavy (non-hydrogen) atoms. The Kier molecular flexibility index (Phi) is 7.44. The third-order valence-corrected chi connectivity index (χ3v) is 3.96. The van der Waals surface area contributed by atoms with E-state index in [1.54, 1.807) is 14.0 Å². The first-order chi connectivity index (χ1) is 12.1. The van der Waals surface area contributed by atoms with Gasteiger partial charge in [-0.15, -0.1) is 0 Å². The number of rotatable bonds is 8. The van der Waals surface area contributed by atoms with E-state index in [-0.39, 0.29) is 5.92 Å². The second kappa shape index (κ2) is 9.81. The summed E-state index contributed by atoms with van der Waals surface area (Å²) in [5, 5.41) is 12.9. The van der Waals surface area contributed by atoms with E-state index in [0.29, 0.717) is 25.5 Å². The largest absolute Gasteiger partial charge is 0.393 e. The molecule has 2 rings (SSSR count). The quantitative estimate of drug-likeness (QED) is 0.509. The smallest absolute Gasteiger partial charge is 0.193 e. The van der Waals surface area contributed by atoms with Gasteiger partial charge < -0.3 is 20.9 Å². The van der Waals surface area contributed by atoms with Gasteiger partial charge in [0, 0.05) is 30.8 Å². The minimum Gasteiger partial charge on any atom is -0.393 e. The zero-order chi connectivity index (χ0) is 18.1. The molecule has 0 radical (unpaired) electrons. The van der Waals surface area contributed by atoms with Crippen molar-refractivity contribution in [3.8, 4) is 0 Å². The van der Waals surface area contributed by atoms with Gasteiger partial charge in [-0.2, -0.15) is 0 Å². The zero-order valence-electron chi connectivity index (χ0n) is 14.9. The molecule has 0 saturated carbocycles. The molecule has 5 heteroatoms. The Morgan fingerprint density at radius 3 is 2.52 bits per heavy atom. The molecule has 0 aliphatic carbocycles. The summed E-state index contributed by atoms with van der Waals surface area (Å²) in [5.41, 5.74) is 9.12. The number of aliphatic imine (C=N–C) groups is 1. The number of aliphatic hydroxyl groups excluding tert-OH is 1. The van der Waals surface area contributed by atoms with Gasteiger partial charge in [0.15, 0.2) is 5.96 Å². The van der Waals surface area contributed by atoms with Crippen molar-refractivity contribution in [2.45, 2.75) is 32.0 Å². The molecule has 0 amide bonds. The number of para-hydroxylation sites is 1. The van der Waals surface area contributed by atoms with E-state index in [1.807, 2.05) is 42.5 Å². The van der Waals surface area contributed by atoms with Crippen LogP contribution in [0.25, 0.3) is 0 Å². The second-order valence-electron chi connectivity index (χ2n) is 6.13. The lowest BCUT2D eigenvalue weighted by atomic mass is 9.93. The summed E-state index contributed by atoms with van der Waals surface area (Å²) in [4.78, 5) is 4.48. The lowest BCUT2D eigenvalue weighted by Gasteiger charge is -2.18. The van der Waals surface area contributed by atoms with Crippen molar-refractivity contribution < 1.29 is 9.84 Å². The first-order valence-corrected chi connectivity index (χ1v) is 8.47. The summed E-state index contributed by atoms with van der Waals surface area (Å²) in [6, 6.07) is 17.9. The summed E-state index contributed by atoms with van der Waals surface area (Å²) in [6.07, 6.45) is 0.248. The lowest BCUT2D eigenvalue weighted by Crippen LogP contribution is -2.24. The molecule has 2 atom stereocenters. The fourth-order valence-corrected chi connectivity index (χ4v) is 2.76. The number of aliphatic hydroxyl groups is 1. The van der Waals surface area contributed by atoms with Gasteiger partial charge in [-0.1, -0.05) is 48.5 Å². The van der Waals surface area contributed by atoms with E-state index < -0.39 is 6.10 Å². The van der Waals surface area contributed by atoms with Crippen LogP contribution in [0.15, 0.2) is 59.6 Å². The van der Waals surface area contributed by atoms with Crippen molar-refractivity contribution in [3.05, 3.63) is 65.7 Å². The van der Waals surface area contributed by atoms with Crippen LogP contribution in [0, 0.1) is 0 Å². The third-order valence-electron chi connectivity index (χ3n) is 3.96. The number of ether oxygens (including phenoxy) is 1. The van der Waals surface area contributed by atoms with E-state index >= 15 is 0 Å². The van der Waals surface area contributed by atoms with Crippen LogP contribution in [0.3, 0.4) is 0 Å². The van der Waals surface area contributed by atoms with Crippen LogP contribution in [-0.2, 0) is 11.3 Å². The van der Waals surface area contributed by atoms with Gasteiger partial charge in [-0.05, 0) is 25.0 Å². The van der Waals surface area contributed by atoms with Gasteiger partial charge in [0.2, 0.25) is 0 Å². The van der Waals surface area contributed by atoms with Crippen molar-refractivity contribution >= 4 is 11.6 Å². The van der Waals surface area contributed by atoms with Crippen LogP contribution >= 0.6 is 0 Å². The minimum atomic E-state index is -0.392. The predicted molar refractivity (Wildman–Crippen MR) is 103 cm³/mol. The summed E-state index contributed by atoms with van der Waals surface area (Å²) in [5.74, 6) is 0.478. The van der Waals surface area contributed by atoms with Gasteiger partial charge in [-0.3, -0.25) is 4.99 Å². The molecule has 2 aromatic carbocycles. The van der Waals surface area contributed by atoms with Crippen LogP contribution in [0.2, 0.25) is 0 Å². The number of nitrogens with two attached hydrogens (primary N) is 1. The highest BCUT2D eigenvalue weighted by Crippen LogP contribution is 2.22. The van der Waals surface area contributed by atoms with Gasteiger partial charge in [0.05, 0.1) is 12.7 Å². The molecule has 0 aromatic heterocycles. The topological polar surface area (TPSA) is 79.9 Å². The molecule has 0 fully saturated rings.